The van der Waals surface area contributed by atoms with Gasteiger partial charge in [-0.15, -0.1) is 11.3 Å². The Balaban J connectivity index is 1.67. The Morgan fingerprint density at radius 3 is 2.87 bits per heavy atom. The summed E-state index contributed by atoms with van der Waals surface area (Å²) in [5, 5.41) is 2.12. The zero-order valence-electron chi connectivity index (χ0n) is 13.6. The zero-order chi connectivity index (χ0) is 16.1. The van der Waals surface area contributed by atoms with Crippen LogP contribution in [0.25, 0.3) is 0 Å². The minimum Gasteiger partial charge on any atom is -0.336 e. The van der Waals surface area contributed by atoms with Gasteiger partial charge in [0.25, 0.3) is 5.91 Å². The molecule has 2 aromatic heterocycles. The topological polar surface area (TPSA) is 46.1 Å². The highest BCUT2D eigenvalue weighted by atomic mass is 32.1. The summed E-state index contributed by atoms with van der Waals surface area (Å²) in [5.74, 6) is 0.873. The third-order valence-corrected chi connectivity index (χ3v) is 5.40. The first-order valence-electron chi connectivity index (χ1n) is 8.42. The van der Waals surface area contributed by atoms with Crippen LogP contribution in [0.5, 0.6) is 0 Å². The van der Waals surface area contributed by atoms with E-state index >= 15 is 0 Å². The number of thiophene rings is 1. The van der Waals surface area contributed by atoms with E-state index in [1.54, 1.807) is 23.7 Å². The van der Waals surface area contributed by atoms with Crippen LogP contribution >= 0.6 is 11.3 Å². The second-order valence-corrected chi connectivity index (χ2v) is 7.04. The normalized spacial score (nSPS) is 18.1. The molecule has 1 aliphatic rings. The molecule has 0 spiro atoms. The van der Waals surface area contributed by atoms with Crippen LogP contribution in [-0.4, -0.2) is 33.4 Å². The van der Waals surface area contributed by atoms with Gasteiger partial charge in [0.2, 0.25) is 0 Å². The van der Waals surface area contributed by atoms with Crippen molar-refractivity contribution in [2.24, 2.45) is 0 Å². The summed E-state index contributed by atoms with van der Waals surface area (Å²) in [6.07, 6.45) is 9.65. The lowest BCUT2D eigenvalue weighted by molar-refractivity contribution is 0.0601. The first kappa shape index (κ1) is 16.1. The number of piperidine rings is 1. The highest BCUT2D eigenvalue weighted by Crippen LogP contribution is 2.24. The Bertz CT molecular complexity index is 624. The van der Waals surface area contributed by atoms with Crippen molar-refractivity contribution in [1.29, 1.82) is 0 Å². The zero-order valence-corrected chi connectivity index (χ0v) is 14.4. The molecule has 3 rings (SSSR count). The van der Waals surface area contributed by atoms with Gasteiger partial charge < -0.3 is 4.90 Å². The van der Waals surface area contributed by atoms with Crippen LogP contribution in [0.15, 0.2) is 29.9 Å². The molecule has 1 atom stereocenters. The first-order chi connectivity index (χ1) is 11.3. The van der Waals surface area contributed by atoms with Crippen LogP contribution in [0.4, 0.5) is 0 Å². The van der Waals surface area contributed by atoms with Crippen molar-refractivity contribution in [2.75, 3.05) is 6.54 Å². The Morgan fingerprint density at radius 1 is 1.35 bits per heavy atom. The third-order valence-electron chi connectivity index (χ3n) is 4.46. The molecule has 0 aliphatic carbocycles. The van der Waals surface area contributed by atoms with Crippen LogP contribution in [0.3, 0.4) is 0 Å². The predicted molar refractivity (Wildman–Crippen MR) is 92.7 cm³/mol. The highest BCUT2D eigenvalue weighted by molar-refractivity contribution is 7.09. The second-order valence-electron chi connectivity index (χ2n) is 6.01. The van der Waals surface area contributed by atoms with Crippen molar-refractivity contribution in [1.82, 2.24) is 14.9 Å². The monoisotopic (exact) mass is 329 g/mol. The molecule has 0 aromatic carbocycles. The average molecular weight is 329 g/mol. The fourth-order valence-corrected chi connectivity index (χ4v) is 3.87. The summed E-state index contributed by atoms with van der Waals surface area (Å²) in [7, 11) is 0. The van der Waals surface area contributed by atoms with E-state index < -0.39 is 0 Å². The number of carbonyl (C=O) groups excluding carboxylic acids is 1. The SMILES string of the molecule is CCc1ncc(C(=O)N2CCCC[C@H]2CCc2cccs2)cn1. The van der Waals surface area contributed by atoms with Crippen LogP contribution in [0.1, 0.15) is 53.7 Å². The summed E-state index contributed by atoms with van der Waals surface area (Å²) in [6, 6.07) is 4.61. The maximum atomic E-state index is 12.8. The number of aryl methyl sites for hydroxylation is 2. The van der Waals surface area contributed by atoms with E-state index in [0.29, 0.717) is 11.6 Å². The van der Waals surface area contributed by atoms with Crippen molar-refractivity contribution in [3.8, 4) is 0 Å². The molecule has 23 heavy (non-hydrogen) atoms. The number of hydrogen-bond acceptors (Lipinski definition) is 4. The summed E-state index contributed by atoms with van der Waals surface area (Å²) in [4.78, 5) is 24.8. The quantitative estimate of drug-likeness (QED) is 0.840. The van der Waals surface area contributed by atoms with Gasteiger partial charge in [0.15, 0.2) is 0 Å². The largest absolute Gasteiger partial charge is 0.336 e. The molecule has 2 aromatic rings. The van der Waals surface area contributed by atoms with E-state index in [1.165, 1.54) is 11.3 Å². The molecule has 1 saturated heterocycles. The van der Waals surface area contributed by atoms with E-state index in [4.69, 9.17) is 0 Å². The highest BCUT2D eigenvalue weighted by Gasteiger charge is 2.27. The third kappa shape index (κ3) is 3.96. The van der Waals surface area contributed by atoms with Gasteiger partial charge in [-0.1, -0.05) is 13.0 Å². The molecule has 3 heterocycles. The molecule has 1 aliphatic heterocycles. The lowest BCUT2D eigenvalue weighted by Crippen LogP contribution is -2.44. The van der Waals surface area contributed by atoms with Gasteiger partial charge in [-0.3, -0.25) is 4.79 Å². The summed E-state index contributed by atoms with van der Waals surface area (Å²) in [5.41, 5.74) is 0.616. The van der Waals surface area contributed by atoms with Gasteiger partial charge in [0.05, 0.1) is 5.56 Å². The minimum atomic E-state index is 0.0866. The fraction of sp³-hybridized carbons (Fsp3) is 0.500. The van der Waals surface area contributed by atoms with E-state index in [1.807, 2.05) is 11.8 Å². The van der Waals surface area contributed by atoms with Crippen molar-refractivity contribution < 1.29 is 4.79 Å². The molecular weight excluding hydrogens is 306 g/mol. The van der Waals surface area contributed by atoms with Gasteiger partial charge in [-0.05, 0) is 43.6 Å². The maximum absolute atomic E-state index is 12.8. The van der Waals surface area contributed by atoms with Gasteiger partial charge in [0, 0.05) is 36.3 Å². The van der Waals surface area contributed by atoms with Gasteiger partial charge in [-0.2, -0.15) is 0 Å². The maximum Gasteiger partial charge on any atom is 0.257 e. The van der Waals surface area contributed by atoms with E-state index in [2.05, 4.69) is 27.5 Å². The minimum absolute atomic E-state index is 0.0866. The fourth-order valence-electron chi connectivity index (χ4n) is 3.15. The standard InChI is InChI=1S/C18H23N3OS/c1-2-17-19-12-14(13-20-17)18(22)21-10-4-3-6-15(21)8-9-16-7-5-11-23-16/h5,7,11-13,15H,2-4,6,8-10H2,1H3/t15-/m0/s1. The smallest absolute Gasteiger partial charge is 0.257 e. The Hall–Kier alpha value is -1.75. The number of amides is 1. The van der Waals surface area contributed by atoms with Crippen molar-refractivity contribution in [2.45, 2.75) is 51.5 Å². The lowest BCUT2D eigenvalue weighted by Gasteiger charge is -2.35. The van der Waals surface area contributed by atoms with Gasteiger partial charge >= 0.3 is 0 Å². The Morgan fingerprint density at radius 2 is 2.17 bits per heavy atom. The summed E-state index contributed by atoms with van der Waals surface area (Å²) in [6.45, 7) is 2.87. The number of aromatic nitrogens is 2. The molecule has 0 unspecified atom stereocenters. The van der Waals surface area contributed by atoms with E-state index in [9.17, 15) is 4.79 Å². The number of carbonyl (C=O) groups is 1. The van der Waals surface area contributed by atoms with Crippen LogP contribution in [0.2, 0.25) is 0 Å². The lowest BCUT2D eigenvalue weighted by atomic mass is 9.97. The first-order valence-corrected chi connectivity index (χ1v) is 9.30. The Labute approximate surface area is 141 Å². The molecule has 0 bridgehead atoms. The Kier molecular flexibility index (Phi) is 5.39. The summed E-state index contributed by atoms with van der Waals surface area (Å²) < 4.78 is 0. The molecule has 0 N–H and O–H groups in total. The summed E-state index contributed by atoms with van der Waals surface area (Å²) >= 11 is 1.80. The molecule has 0 saturated carbocycles. The number of hydrogen-bond donors (Lipinski definition) is 0. The molecule has 1 amide bonds. The van der Waals surface area contributed by atoms with Gasteiger partial charge in [0.1, 0.15) is 5.82 Å². The van der Waals surface area contributed by atoms with Crippen molar-refractivity contribution in [3.63, 3.8) is 0 Å². The van der Waals surface area contributed by atoms with E-state index in [0.717, 1.165) is 44.5 Å². The number of likely N-dealkylation sites (tertiary alicyclic amines) is 1. The second kappa shape index (κ2) is 7.68. The predicted octanol–water partition coefficient (Wildman–Crippen LogP) is 3.73. The van der Waals surface area contributed by atoms with Crippen LogP contribution in [0, 0.1) is 0 Å². The average Bonchev–Trinajstić information content (AvgIpc) is 3.13. The number of rotatable bonds is 5. The molecule has 122 valence electrons. The molecule has 0 radical (unpaired) electrons. The number of nitrogens with zero attached hydrogens (tertiary/aromatic N) is 3. The molecule has 1 fully saturated rings. The van der Waals surface area contributed by atoms with Crippen LogP contribution < -0.4 is 0 Å². The van der Waals surface area contributed by atoms with Crippen molar-refractivity contribution in [3.05, 3.63) is 46.2 Å². The molecule has 4 nitrogen and oxygen atoms in total. The molecule has 5 heteroatoms. The molecular formula is C18H23N3OS. The van der Waals surface area contributed by atoms with E-state index in [-0.39, 0.29) is 5.91 Å². The van der Waals surface area contributed by atoms with Crippen molar-refractivity contribution >= 4 is 17.2 Å². The van der Waals surface area contributed by atoms with Gasteiger partial charge in [-0.25, -0.2) is 9.97 Å². The van der Waals surface area contributed by atoms with Crippen LogP contribution in [-0.2, 0) is 12.8 Å².